The van der Waals surface area contributed by atoms with Gasteiger partial charge in [0, 0.05) is 26.2 Å². The van der Waals surface area contributed by atoms with E-state index in [1.807, 2.05) is 114 Å². The Balaban J connectivity index is 0.000000155. The van der Waals surface area contributed by atoms with Crippen LogP contribution in [0.4, 0.5) is 19.2 Å². The molecule has 24 heteroatoms. The summed E-state index contributed by atoms with van der Waals surface area (Å²) in [7, 11) is 0. The first-order chi connectivity index (χ1) is 37.7. The summed E-state index contributed by atoms with van der Waals surface area (Å²) >= 11 is 0. The predicted molar refractivity (Wildman–Crippen MR) is 277 cm³/mol. The Morgan fingerprint density at radius 2 is 1.06 bits per heavy atom. The van der Waals surface area contributed by atoms with E-state index in [1.165, 1.54) is 19.9 Å². The van der Waals surface area contributed by atoms with Crippen LogP contribution in [0.25, 0.3) is 0 Å². The topological polar surface area (TPSA) is 262 Å². The molecular formula is C55H73N9O15. The highest BCUT2D eigenvalue weighted by Gasteiger charge is 2.61. The second-order valence-electron chi connectivity index (χ2n) is 23.3. The number of hydroxylamine groups is 7. The number of hydrogen-bond acceptors (Lipinski definition) is 16. The first-order valence-corrected chi connectivity index (χ1v) is 27.2. The first-order valence-electron chi connectivity index (χ1n) is 27.2. The van der Waals surface area contributed by atoms with Gasteiger partial charge in [0.25, 0.3) is 17.7 Å². The molecule has 0 aromatic heterocycles. The minimum atomic E-state index is -0.847. The fourth-order valence-electron chi connectivity index (χ4n) is 11.4. The van der Waals surface area contributed by atoms with Gasteiger partial charge in [-0.25, -0.2) is 35.3 Å². The van der Waals surface area contributed by atoms with Crippen LogP contribution in [-0.2, 0) is 66.1 Å². The van der Waals surface area contributed by atoms with E-state index in [4.69, 9.17) is 34.7 Å². The number of benzene rings is 2. The highest BCUT2D eigenvalue weighted by Crippen LogP contribution is 2.52. The summed E-state index contributed by atoms with van der Waals surface area (Å²) in [6.45, 7) is 14.2. The third kappa shape index (κ3) is 12.8. The number of allylic oxidation sites excluding steroid dienone is 2. The van der Waals surface area contributed by atoms with E-state index in [2.05, 4.69) is 10.3 Å². The van der Waals surface area contributed by atoms with Gasteiger partial charge in [-0.15, -0.1) is 5.06 Å². The van der Waals surface area contributed by atoms with Crippen LogP contribution in [0.1, 0.15) is 97.6 Å². The van der Waals surface area contributed by atoms with Crippen LogP contribution in [0.15, 0.2) is 72.8 Å². The van der Waals surface area contributed by atoms with Crippen LogP contribution in [-0.4, -0.2) is 170 Å². The van der Waals surface area contributed by atoms with E-state index in [0.717, 1.165) is 36.9 Å². The third-order valence-electron chi connectivity index (χ3n) is 15.5. The molecular weight excluding hydrogens is 1030 g/mol. The van der Waals surface area contributed by atoms with Crippen LogP contribution in [0.3, 0.4) is 0 Å². The number of nitrogens with two attached hydrogens (primary N) is 1. The SMILES string of the molecule is CC(C)(C)OC(=O)N1CC[C@H]1CON.CC(C)(C)OC(=O)N1CC[C@H]1CONC(=O)[C@@H]1CC[C@@H]2CN1C(=O)N2OCc1ccccc1.O=C(ON1C(=O)[C@@H]2[C@H](C1=O)[C@@H]1C=C[C@H]2C1)[C@@H]1CC[C@@H]2CN1C(=O)N2OCc1ccccc1. The summed E-state index contributed by atoms with van der Waals surface area (Å²) in [5, 5.41) is 3.38. The number of amides is 9. The number of piperidine rings is 2. The summed E-state index contributed by atoms with van der Waals surface area (Å²) in [5.41, 5.74) is 3.37. The second kappa shape index (κ2) is 23.8. The number of likely N-dealkylation sites (tertiary alicyclic amines) is 2. The van der Waals surface area contributed by atoms with Gasteiger partial charge in [-0.3, -0.25) is 28.9 Å². The molecule has 2 aliphatic carbocycles. The van der Waals surface area contributed by atoms with Crippen molar-refractivity contribution in [2.75, 3.05) is 39.4 Å². The fourth-order valence-corrected chi connectivity index (χ4v) is 11.4. The van der Waals surface area contributed by atoms with Crippen LogP contribution >= 0.6 is 0 Å². The van der Waals surface area contributed by atoms with Crippen LogP contribution in [0.5, 0.6) is 0 Å². The lowest BCUT2D eigenvalue weighted by Crippen LogP contribution is -2.56. The number of carbonyl (C=O) groups excluding carboxylic acids is 8. The molecule has 428 valence electrons. The average Bonchev–Trinajstić information content (AvgIpc) is 4.36. The highest BCUT2D eigenvalue weighted by molar-refractivity contribution is 6.06. The summed E-state index contributed by atoms with van der Waals surface area (Å²) in [6.07, 6.45) is 7.96. The second-order valence-corrected chi connectivity index (χ2v) is 23.3. The summed E-state index contributed by atoms with van der Waals surface area (Å²) in [4.78, 5) is 134. The molecule has 2 aromatic carbocycles. The minimum absolute atomic E-state index is 0.0380. The molecule has 79 heavy (non-hydrogen) atoms. The van der Waals surface area contributed by atoms with Crippen molar-refractivity contribution in [3.63, 3.8) is 0 Å². The molecule has 1 saturated carbocycles. The van der Waals surface area contributed by atoms with Gasteiger partial charge >= 0.3 is 30.2 Å². The van der Waals surface area contributed by atoms with Crippen LogP contribution < -0.4 is 11.4 Å². The molecule has 6 bridgehead atoms. The Labute approximate surface area is 459 Å². The number of imide groups is 1. The van der Waals surface area contributed by atoms with Crippen LogP contribution in [0.2, 0.25) is 0 Å². The average molecular weight is 1100 g/mol. The highest BCUT2D eigenvalue weighted by atomic mass is 16.7. The van der Waals surface area contributed by atoms with Gasteiger partial charge in [-0.2, -0.15) is 10.1 Å². The lowest BCUT2D eigenvalue weighted by atomic mass is 9.85. The lowest BCUT2D eigenvalue weighted by molar-refractivity contribution is -0.202. The number of hydrogen-bond donors (Lipinski definition) is 2. The Morgan fingerprint density at radius 3 is 1.51 bits per heavy atom. The molecule has 0 radical (unpaired) electrons. The Morgan fingerprint density at radius 1 is 0.608 bits per heavy atom. The molecule has 7 saturated heterocycles. The van der Waals surface area contributed by atoms with E-state index < -0.39 is 58.9 Å². The van der Waals surface area contributed by atoms with Crippen molar-refractivity contribution in [1.82, 2.24) is 40.3 Å². The zero-order chi connectivity index (χ0) is 56.3. The molecule has 24 nitrogen and oxygen atoms in total. The van der Waals surface area contributed by atoms with Gasteiger partial charge in [0.1, 0.15) is 36.5 Å². The molecule has 7 heterocycles. The number of carbonyl (C=O) groups is 8. The number of rotatable bonds is 14. The largest absolute Gasteiger partial charge is 0.444 e. The zero-order valence-corrected chi connectivity index (χ0v) is 45.6. The molecule has 10 atom stereocenters. The van der Waals surface area contributed by atoms with E-state index in [-0.39, 0.29) is 73.3 Å². The van der Waals surface area contributed by atoms with Crippen molar-refractivity contribution in [3.05, 3.63) is 83.9 Å². The Hall–Kier alpha value is -6.86. The van der Waals surface area contributed by atoms with Gasteiger partial charge in [0.2, 0.25) is 0 Å². The Bertz CT molecular complexity index is 2590. The summed E-state index contributed by atoms with van der Waals surface area (Å²) in [5.74, 6) is 2.16. The van der Waals surface area contributed by atoms with E-state index >= 15 is 0 Å². The van der Waals surface area contributed by atoms with Gasteiger partial charge in [0.05, 0.1) is 49.2 Å². The summed E-state index contributed by atoms with van der Waals surface area (Å²) < 4.78 is 10.6. The van der Waals surface area contributed by atoms with Crippen molar-refractivity contribution >= 4 is 47.9 Å². The fraction of sp³-hybridized carbons (Fsp3) is 0.600. The molecule has 0 spiro atoms. The standard InChI is InChI=1S/C23H32N4O6.C23H23N3O6.C9H18N2O3/c1-23(2,3)33-22(30)25-12-11-18(25)15-31-24-20(28)19-10-9-17-13-26(19)21(29)27(17)32-14-16-7-5-4-6-8-16;27-20-18-14-6-7-15(10-14)19(18)21(28)26(20)32-22(29)17-9-8-16-11-24(17)23(30)25(16)31-12-13-4-2-1-3-5-13;1-9(2,3)14-8(12)11-5-4-7(11)6-13-10/h4-8,17-19H,9-15H2,1-3H3,(H,24,28);1-7,14-19H,8-12H2;7H,4-6,10H2,1-3H3/t17-,18+,19+;14-,15+,16-,17+,18-,19+;7-/m110/s1. The van der Waals surface area contributed by atoms with Crippen molar-refractivity contribution < 1.29 is 72.0 Å². The minimum Gasteiger partial charge on any atom is -0.444 e. The Kier molecular flexibility index (Phi) is 17.2. The molecule has 0 unspecified atom stereocenters. The molecule has 11 rings (SSSR count). The maximum absolute atomic E-state index is 12.9. The number of nitrogens with one attached hydrogen (secondary N) is 1. The zero-order valence-electron chi connectivity index (χ0n) is 45.6. The molecule has 2 aromatic rings. The van der Waals surface area contributed by atoms with Gasteiger partial charge < -0.3 is 38.7 Å². The van der Waals surface area contributed by atoms with Crippen molar-refractivity contribution in [1.29, 1.82) is 0 Å². The van der Waals surface area contributed by atoms with Crippen molar-refractivity contribution in [2.45, 2.75) is 147 Å². The molecule has 9 amide bonds. The molecule has 8 fully saturated rings. The van der Waals surface area contributed by atoms with E-state index in [9.17, 15) is 38.4 Å². The maximum Gasteiger partial charge on any atom is 0.410 e. The molecule has 7 aliphatic heterocycles. The quantitative estimate of drug-likeness (QED) is 0.144. The number of ether oxygens (including phenoxy) is 2. The van der Waals surface area contributed by atoms with Gasteiger partial charge in [-0.1, -0.05) is 72.8 Å². The van der Waals surface area contributed by atoms with Gasteiger partial charge in [-0.05, 0) is 109 Å². The predicted octanol–water partition coefficient (Wildman–Crippen LogP) is 4.98. The number of urea groups is 2. The van der Waals surface area contributed by atoms with Crippen LogP contribution in [0, 0.1) is 23.7 Å². The monoisotopic (exact) mass is 1100 g/mol. The smallest absolute Gasteiger partial charge is 0.410 e. The van der Waals surface area contributed by atoms with Crippen molar-refractivity contribution in [2.24, 2.45) is 29.6 Å². The van der Waals surface area contributed by atoms with Gasteiger partial charge in [0.15, 0.2) is 0 Å². The molecule has 9 aliphatic rings. The summed E-state index contributed by atoms with van der Waals surface area (Å²) in [6, 6.07) is 16.7. The number of fused-ring (bicyclic) bond motifs is 9. The number of nitrogens with zero attached hydrogens (tertiary/aromatic N) is 7. The lowest BCUT2D eigenvalue weighted by Gasteiger charge is -2.41. The van der Waals surface area contributed by atoms with E-state index in [0.29, 0.717) is 63.6 Å². The first kappa shape index (κ1) is 56.8. The third-order valence-corrected chi connectivity index (χ3v) is 15.5. The normalized spacial score (nSPS) is 28.1. The van der Waals surface area contributed by atoms with E-state index in [1.54, 1.807) is 9.80 Å². The molecule has 3 N–H and O–H groups in total. The van der Waals surface area contributed by atoms with Crippen molar-refractivity contribution in [3.8, 4) is 0 Å². The maximum atomic E-state index is 12.9.